The first-order chi connectivity index (χ1) is 10.2. The maximum absolute atomic E-state index is 9.18. The summed E-state index contributed by atoms with van der Waals surface area (Å²) in [6.07, 6.45) is 0. The second-order valence-electron chi connectivity index (χ2n) is 4.67. The number of aliphatic hydroxyl groups is 1. The van der Waals surface area contributed by atoms with Crippen molar-refractivity contribution in [2.24, 2.45) is 0 Å². The van der Waals surface area contributed by atoms with E-state index in [1.54, 1.807) is 11.8 Å². The summed E-state index contributed by atoms with van der Waals surface area (Å²) in [6, 6.07) is 18.1. The molecule has 0 aliphatic rings. The van der Waals surface area contributed by atoms with E-state index in [0.29, 0.717) is 0 Å². The van der Waals surface area contributed by atoms with E-state index >= 15 is 0 Å². The van der Waals surface area contributed by atoms with E-state index in [2.05, 4.69) is 37.9 Å². The zero-order chi connectivity index (χ0) is 15.5. The molecule has 0 radical (unpaired) electrons. The molecular weight excluding hydrogens is 314 g/mol. The standard InChI is InChI=1S/C13H12OS.C5H13N.ClH/c14-10-11-6-4-5-9-13(11)15-12-7-2-1-3-8-12;1-4-6(3)5-2;/h1-9,14H,10H2;4-5H2,1-3H3;1H. The molecule has 0 aliphatic heterocycles. The molecule has 0 atom stereocenters. The van der Waals surface area contributed by atoms with Crippen LogP contribution in [0.15, 0.2) is 64.4 Å². The Morgan fingerprint density at radius 1 is 0.909 bits per heavy atom. The predicted octanol–water partition coefficient (Wildman–Crippen LogP) is 4.71. The van der Waals surface area contributed by atoms with Gasteiger partial charge in [0.2, 0.25) is 0 Å². The van der Waals surface area contributed by atoms with Gasteiger partial charge in [0.05, 0.1) is 6.61 Å². The molecule has 0 aromatic heterocycles. The Kier molecular flexibility index (Phi) is 12.0. The summed E-state index contributed by atoms with van der Waals surface area (Å²) in [7, 11) is 2.11. The maximum Gasteiger partial charge on any atom is 0.0692 e. The molecule has 0 amide bonds. The Labute approximate surface area is 145 Å². The molecule has 4 heteroatoms. The summed E-state index contributed by atoms with van der Waals surface area (Å²) in [5.41, 5.74) is 0.978. The van der Waals surface area contributed by atoms with Gasteiger partial charge in [0.1, 0.15) is 0 Å². The lowest BCUT2D eigenvalue weighted by Crippen LogP contribution is -2.15. The highest BCUT2D eigenvalue weighted by Gasteiger charge is 2.01. The molecule has 1 N–H and O–H groups in total. The van der Waals surface area contributed by atoms with Crippen molar-refractivity contribution >= 4 is 24.2 Å². The second kappa shape index (κ2) is 12.5. The van der Waals surface area contributed by atoms with Crippen molar-refractivity contribution in [2.45, 2.75) is 30.2 Å². The van der Waals surface area contributed by atoms with E-state index in [-0.39, 0.29) is 19.0 Å². The monoisotopic (exact) mass is 339 g/mol. The van der Waals surface area contributed by atoms with Gasteiger partial charge in [0, 0.05) is 9.79 Å². The van der Waals surface area contributed by atoms with E-state index < -0.39 is 0 Å². The van der Waals surface area contributed by atoms with Crippen LogP contribution in [0.2, 0.25) is 0 Å². The Bertz CT molecular complexity index is 503. The highest BCUT2D eigenvalue weighted by molar-refractivity contribution is 7.99. The fourth-order valence-corrected chi connectivity index (χ4v) is 2.53. The van der Waals surface area contributed by atoms with E-state index in [0.717, 1.165) is 23.5 Å². The van der Waals surface area contributed by atoms with Gasteiger partial charge < -0.3 is 10.0 Å². The fraction of sp³-hybridized carbons (Fsp3) is 0.333. The number of nitrogens with zero attached hydrogens (tertiary/aromatic N) is 1. The van der Waals surface area contributed by atoms with Crippen LogP contribution >= 0.6 is 24.2 Å². The predicted molar refractivity (Wildman–Crippen MR) is 99.0 cm³/mol. The third-order valence-electron chi connectivity index (χ3n) is 3.19. The first-order valence-electron chi connectivity index (χ1n) is 7.31. The van der Waals surface area contributed by atoms with Gasteiger partial charge in [0.15, 0.2) is 0 Å². The molecule has 0 saturated carbocycles. The van der Waals surface area contributed by atoms with Gasteiger partial charge in [-0.15, -0.1) is 12.4 Å². The van der Waals surface area contributed by atoms with Gasteiger partial charge in [-0.2, -0.15) is 0 Å². The zero-order valence-electron chi connectivity index (χ0n) is 13.5. The lowest BCUT2D eigenvalue weighted by molar-refractivity contribution is 0.279. The Morgan fingerprint density at radius 2 is 1.45 bits per heavy atom. The van der Waals surface area contributed by atoms with Gasteiger partial charge in [-0.05, 0) is 43.9 Å². The van der Waals surface area contributed by atoms with Crippen LogP contribution in [0, 0.1) is 0 Å². The summed E-state index contributed by atoms with van der Waals surface area (Å²) in [5.74, 6) is 0. The minimum absolute atomic E-state index is 0. The third-order valence-corrected chi connectivity index (χ3v) is 4.32. The number of aliphatic hydroxyl groups excluding tert-OH is 1. The van der Waals surface area contributed by atoms with Crippen LogP contribution in [-0.2, 0) is 6.61 Å². The molecule has 2 nitrogen and oxygen atoms in total. The van der Waals surface area contributed by atoms with Crippen molar-refractivity contribution in [3.05, 3.63) is 60.2 Å². The van der Waals surface area contributed by atoms with Crippen LogP contribution in [0.25, 0.3) is 0 Å². The van der Waals surface area contributed by atoms with E-state index in [1.807, 2.05) is 42.5 Å². The van der Waals surface area contributed by atoms with Crippen molar-refractivity contribution in [2.75, 3.05) is 20.1 Å². The van der Waals surface area contributed by atoms with Crippen LogP contribution in [-0.4, -0.2) is 30.1 Å². The molecule has 0 bridgehead atoms. The van der Waals surface area contributed by atoms with Crippen LogP contribution in [0.4, 0.5) is 0 Å². The van der Waals surface area contributed by atoms with E-state index in [1.165, 1.54) is 4.90 Å². The minimum atomic E-state index is 0. The molecule has 122 valence electrons. The quantitative estimate of drug-likeness (QED) is 0.853. The lowest BCUT2D eigenvalue weighted by Gasteiger charge is -2.07. The molecule has 0 spiro atoms. The normalized spacial score (nSPS) is 9.68. The SMILES string of the molecule is CCN(C)CC.Cl.OCc1ccccc1Sc1ccccc1. The van der Waals surface area contributed by atoms with E-state index in [9.17, 15) is 5.11 Å². The third kappa shape index (κ3) is 7.85. The Balaban J connectivity index is 0.000000546. The van der Waals surface area contributed by atoms with Crippen LogP contribution in [0.5, 0.6) is 0 Å². The van der Waals surface area contributed by atoms with Gasteiger partial charge in [-0.1, -0.05) is 62.0 Å². The highest BCUT2D eigenvalue weighted by atomic mass is 35.5. The number of hydrogen-bond acceptors (Lipinski definition) is 3. The van der Waals surface area contributed by atoms with Crippen molar-refractivity contribution < 1.29 is 5.11 Å². The number of hydrogen-bond donors (Lipinski definition) is 1. The fourth-order valence-electron chi connectivity index (χ4n) is 1.57. The molecule has 0 saturated heterocycles. The molecule has 2 rings (SSSR count). The smallest absolute Gasteiger partial charge is 0.0692 e. The van der Waals surface area contributed by atoms with Gasteiger partial charge >= 0.3 is 0 Å². The van der Waals surface area contributed by atoms with Crippen LogP contribution in [0.3, 0.4) is 0 Å². The van der Waals surface area contributed by atoms with Crippen molar-refractivity contribution in [3.8, 4) is 0 Å². The average Bonchev–Trinajstić information content (AvgIpc) is 2.56. The number of benzene rings is 2. The molecule has 0 fully saturated rings. The Morgan fingerprint density at radius 3 is 1.95 bits per heavy atom. The van der Waals surface area contributed by atoms with Gasteiger partial charge in [0.25, 0.3) is 0 Å². The molecule has 2 aromatic carbocycles. The summed E-state index contributed by atoms with van der Waals surface area (Å²) in [4.78, 5) is 4.56. The summed E-state index contributed by atoms with van der Waals surface area (Å²) >= 11 is 1.68. The average molecular weight is 340 g/mol. The van der Waals surface area contributed by atoms with Crippen LogP contribution < -0.4 is 0 Å². The number of halogens is 1. The van der Waals surface area contributed by atoms with Gasteiger partial charge in [-0.25, -0.2) is 0 Å². The molecule has 22 heavy (non-hydrogen) atoms. The second-order valence-corrected chi connectivity index (χ2v) is 5.78. The van der Waals surface area contributed by atoms with E-state index in [4.69, 9.17) is 0 Å². The topological polar surface area (TPSA) is 23.5 Å². The van der Waals surface area contributed by atoms with Crippen molar-refractivity contribution in [1.82, 2.24) is 4.90 Å². The molecule has 2 aromatic rings. The molecule has 0 unspecified atom stereocenters. The molecule has 0 heterocycles. The van der Waals surface area contributed by atoms with Crippen molar-refractivity contribution in [1.29, 1.82) is 0 Å². The summed E-state index contributed by atoms with van der Waals surface area (Å²) in [5, 5.41) is 9.18. The first kappa shape index (κ1) is 21.0. The van der Waals surface area contributed by atoms with Gasteiger partial charge in [-0.3, -0.25) is 0 Å². The Hall–Kier alpha value is -1.00. The summed E-state index contributed by atoms with van der Waals surface area (Å²) < 4.78 is 0. The highest BCUT2D eigenvalue weighted by Crippen LogP contribution is 2.29. The van der Waals surface area contributed by atoms with Crippen LogP contribution in [0.1, 0.15) is 19.4 Å². The number of rotatable bonds is 5. The minimum Gasteiger partial charge on any atom is -0.392 e. The largest absolute Gasteiger partial charge is 0.392 e. The first-order valence-corrected chi connectivity index (χ1v) is 8.13. The maximum atomic E-state index is 9.18. The molecular formula is C18H26ClNOS. The zero-order valence-corrected chi connectivity index (χ0v) is 15.2. The van der Waals surface area contributed by atoms with Crippen molar-refractivity contribution in [3.63, 3.8) is 0 Å². The molecule has 0 aliphatic carbocycles. The summed E-state index contributed by atoms with van der Waals surface area (Å²) in [6.45, 7) is 6.73. The lowest BCUT2D eigenvalue weighted by atomic mass is 10.2.